The summed E-state index contributed by atoms with van der Waals surface area (Å²) in [5.41, 5.74) is 7.69. The third-order valence-corrected chi connectivity index (χ3v) is 10.1. The van der Waals surface area contributed by atoms with Crippen LogP contribution in [0.3, 0.4) is 0 Å². The van der Waals surface area contributed by atoms with Gasteiger partial charge in [0, 0.05) is 24.7 Å². The molecule has 1 saturated carbocycles. The molecular weight excluding hydrogens is 661 g/mol. The second-order valence-corrected chi connectivity index (χ2v) is 15.0. The molecule has 53 heavy (non-hydrogen) atoms. The second-order valence-electron chi connectivity index (χ2n) is 15.0. The molecular formula is C46H54N2O5. The Morgan fingerprint density at radius 3 is 2.04 bits per heavy atom. The van der Waals surface area contributed by atoms with Gasteiger partial charge in [0.1, 0.15) is 36.9 Å². The maximum absolute atomic E-state index is 14.3. The van der Waals surface area contributed by atoms with Crippen LogP contribution < -0.4 is 14.8 Å². The largest absolute Gasteiger partial charge is 0.488 e. The van der Waals surface area contributed by atoms with E-state index in [4.69, 9.17) is 14.2 Å². The van der Waals surface area contributed by atoms with Crippen LogP contribution in [0.25, 0.3) is 5.57 Å². The number of carbonyl (C=O) groups is 2. The first-order valence-corrected chi connectivity index (χ1v) is 19.2. The molecule has 1 fully saturated rings. The van der Waals surface area contributed by atoms with Crippen molar-refractivity contribution < 1.29 is 23.8 Å². The summed E-state index contributed by atoms with van der Waals surface area (Å²) in [7, 11) is 0. The molecule has 0 bridgehead atoms. The summed E-state index contributed by atoms with van der Waals surface area (Å²) in [5.74, 6) is 1.32. The summed E-state index contributed by atoms with van der Waals surface area (Å²) in [6.07, 6.45) is 6.88. The standard InChI is InChI=1S/C46H54N2O5/c1-32(2)24-42(46(50)53-39-19-11-12-20-39)47-23-13-18-34-21-22-37-28-48(29-38(37)25-34)45(49)41-26-40(33(3)4)43(51-30-35-14-7-5-8-15-35)27-44(41)52-31-36-16-9-6-10-17-36/h5-10,14-17,21-22,25-27,32,39,42,47H,3,11-13,18-20,23-24,28-31H2,1-2,4H3. The molecule has 1 aliphatic carbocycles. The minimum atomic E-state index is -0.272. The van der Waals surface area contributed by atoms with E-state index in [-0.39, 0.29) is 24.0 Å². The minimum Gasteiger partial charge on any atom is -0.488 e. The monoisotopic (exact) mass is 714 g/mol. The van der Waals surface area contributed by atoms with Crippen molar-refractivity contribution in [2.24, 2.45) is 5.92 Å². The first-order valence-electron chi connectivity index (χ1n) is 19.2. The number of hydrogen-bond donors (Lipinski definition) is 1. The highest BCUT2D eigenvalue weighted by molar-refractivity contribution is 5.98. The van der Waals surface area contributed by atoms with Crippen LogP contribution in [0.4, 0.5) is 0 Å². The van der Waals surface area contributed by atoms with Crippen LogP contribution in [0.15, 0.2) is 97.6 Å². The summed E-state index contributed by atoms with van der Waals surface area (Å²) in [6.45, 7) is 12.9. The van der Waals surface area contributed by atoms with Gasteiger partial charge in [0.05, 0.1) is 5.56 Å². The number of nitrogens with zero attached hydrogens (tertiary/aromatic N) is 1. The smallest absolute Gasteiger partial charge is 0.323 e. The Balaban J connectivity index is 1.12. The van der Waals surface area contributed by atoms with Crippen LogP contribution in [0.5, 0.6) is 11.5 Å². The van der Waals surface area contributed by atoms with Gasteiger partial charge in [-0.05, 0) is 104 Å². The maximum atomic E-state index is 14.3. The van der Waals surface area contributed by atoms with Crippen molar-refractivity contribution in [2.75, 3.05) is 6.54 Å². The lowest BCUT2D eigenvalue weighted by Gasteiger charge is -2.21. The first-order chi connectivity index (χ1) is 25.7. The van der Waals surface area contributed by atoms with Crippen molar-refractivity contribution in [3.05, 3.63) is 137 Å². The lowest BCUT2D eigenvalue weighted by molar-refractivity contribution is -0.151. The summed E-state index contributed by atoms with van der Waals surface area (Å²) in [5, 5.41) is 3.49. The summed E-state index contributed by atoms with van der Waals surface area (Å²) >= 11 is 0. The van der Waals surface area contributed by atoms with E-state index in [1.807, 2.05) is 84.6 Å². The number of rotatable bonds is 17. The molecule has 4 aromatic carbocycles. The van der Waals surface area contributed by atoms with Gasteiger partial charge in [0.15, 0.2) is 0 Å². The molecule has 1 aliphatic heterocycles. The Kier molecular flexibility index (Phi) is 13.0. The van der Waals surface area contributed by atoms with E-state index in [1.165, 1.54) is 5.56 Å². The van der Waals surface area contributed by atoms with Gasteiger partial charge < -0.3 is 24.4 Å². The third-order valence-electron chi connectivity index (χ3n) is 10.1. The molecule has 6 rings (SSSR count). The number of aryl methyl sites for hydroxylation is 1. The van der Waals surface area contributed by atoms with Crippen molar-refractivity contribution in [2.45, 2.75) is 104 Å². The average molecular weight is 715 g/mol. The maximum Gasteiger partial charge on any atom is 0.323 e. The fourth-order valence-electron chi connectivity index (χ4n) is 7.24. The molecule has 278 valence electrons. The SMILES string of the molecule is C=C(C)c1cc(C(=O)N2Cc3ccc(CCCNC(CC(C)C)C(=O)OC4CCCC4)cc3C2)c(OCc2ccccc2)cc1OCc1ccccc1. The molecule has 1 atom stereocenters. The van der Waals surface area contributed by atoms with Crippen molar-refractivity contribution in [3.8, 4) is 11.5 Å². The molecule has 1 amide bonds. The highest BCUT2D eigenvalue weighted by atomic mass is 16.5. The van der Waals surface area contributed by atoms with E-state index in [0.717, 1.165) is 84.9 Å². The average Bonchev–Trinajstić information content (AvgIpc) is 3.84. The Labute approximate surface area is 315 Å². The van der Waals surface area contributed by atoms with Crippen LogP contribution >= 0.6 is 0 Å². The lowest BCUT2D eigenvalue weighted by Crippen LogP contribution is -2.41. The fourth-order valence-corrected chi connectivity index (χ4v) is 7.24. The van der Waals surface area contributed by atoms with Gasteiger partial charge in [-0.15, -0.1) is 0 Å². The van der Waals surface area contributed by atoms with Crippen LogP contribution in [0, 0.1) is 5.92 Å². The number of fused-ring (bicyclic) bond motifs is 1. The van der Waals surface area contributed by atoms with Crippen LogP contribution in [-0.2, 0) is 42.3 Å². The first kappa shape index (κ1) is 37.9. The normalized spacial score (nSPS) is 14.6. The van der Waals surface area contributed by atoms with E-state index in [0.29, 0.717) is 49.3 Å². The van der Waals surface area contributed by atoms with Crippen molar-refractivity contribution >= 4 is 17.4 Å². The molecule has 4 aromatic rings. The van der Waals surface area contributed by atoms with Crippen molar-refractivity contribution in [3.63, 3.8) is 0 Å². The molecule has 1 heterocycles. The van der Waals surface area contributed by atoms with E-state index in [2.05, 4.69) is 43.9 Å². The fraction of sp³-hybridized carbons (Fsp3) is 0.391. The van der Waals surface area contributed by atoms with Gasteiger partial charge in [-0.25, -0.2) is 0 Å². The second kappa shape index (κ2) is 18.2. The number of benzene rings is 4. The van der Waals surface area contributed by atoms with Crippen LogP contribution in [0.2, 0.25) is 0 Å². The minimum absolute atomic E-state index is 0.0803. The quantitative estimate of drug-likeness (QED) is 0.0868. The van der Waals surface area contributed by atoms with Crippen LogP contribution in [-0.4, -0.2) is 35.5 Å². The Morgan fingerprint density at radius 2 is 1.42 bits per heavy atom. The molecule has 2 aliphatic rings. The predicted octanol–water partition coefficient (Wildman–Crippen LogP) is 9.46. The van der Waals surface area contributed by atoms with Crippen LogP contribution in [0.1, 0.15) is 103 Å². The molecule has 0 saturated heterocycles. The van der Waals surface area contributed by atoms with Gasteiger partial charge in [-0.3, -0.25) is 9.59 Å². The van der Waals surface area contributed by atoms with Gasteiger partial charge >= 0.3 is 5.97 Å². The molecule has 0 radical (unpaired) electrons. The Bertz CT molecular complexity index is 1850. The molecule has 0 spiro atoms. The number of amides is 1. The number of esters is 1. The molecule has 1 N–H and O–H groups in total. The Morgan fingerprint density at radius 1 is 0.792 bits per heavy atom. The molecule has 0 aromatic heterocycles. The highest BCUT2D eigenvalue weighted by Gasteiger charge is 2.29. The molecule has 7 heteroatoms. The van der Waals surface area contributed by atoms with Gasteiger partial charge in [0.2, 0.25) is 0 Å². The van der Waals surface area contributed by atoms with Crippen molar-refractivity contribution in [1.29, 1.82) is 0 Å². The van der Waals surface area contributed by atoms with E-state index < -0.39 is 0 Å². The summed E-state index contributed by atoms with van der Waals surface area (Å²) < 4.78 is 18.5. The number of nitrogens with one attached hydrogen (secondary N) is 1. The molecule has 7 nitrogen and oxygen atoms in total. The topological polar surface area (TPSA) is 77.1 Å². The lowest BCUT2D eigenvalue weighted by atomic mass is 10.0. The van der Waals surface area contributed by atoms with E-state index in [1.54, 1.807) is 0 Å². The Hall–Kier alpha value is -4.88. The zero-order chi connectivity index (χ0) is 37.2. The van der Waals surface area contributed by atoms with E-state index in [9.17, 15) is 9.59 Å². The number of hydrogen-bond acceptors (Lipinski definition) is 6. The van der Waals surface area contributed by atoms with Gasteiger partial charge in [0.25, 0.3) is 5.91 Å². The zero-order valence-electron chi connectivity index (χ0n) is 31.6. The predicted molar refractivity (Wildman–Crippen MR) is 211 cm³/mol. The molecule has 1 unspecified atom stereocenters. The van der Waals surface area contributed by atoms with Gasteiger partial charge in [-0.1, -0.05) is 99.3 Å². The van der Waals surface area contributed by atoms with E-state index >= 15 is 0 Å². The van der Waals surface area contributed by atoms with Gasteiger partial charge in [-0.2, -0.15) is 0 Å². The number of ether oxygens (including phenoxy) is 3. The third kappa shape index (κ3) is 10.4. The number of carbonyl (C=O) groups excluding carboxylic acids is 2. The van der Waals surface area contributed by atoms with Crippen molar-refractivity contribution in [1.82, 2.24) is 10.2 Å². The zero-order valence-corrected chi connectivity index (χ0v) is 31.6. The number of allylic oxidation sites excluding steroid dienone is 1. The summed E-state index contributed by atoms with van der Waals surface area (Å²) in [6, 6.07) is 30.0. The highest BCUT2D eigenvalue weighted by Crippen LogP contribution is 2.36. The summed E-state index contributed by atoms with van der Waals surface area (Å²) in [4.78, 5) is 29.2.